The van der Waals surface area contributed by atoms with Crippen LogP contribution >= 0.6 is 0 Å². The fraction of sp³-hybridized carbons (Fsp3) is 0.545. The van der Waals surface area contributed by atoms with Crippen LogP contribution < -0.4 is 5.32 Å². The summed E-state index contributed by atoms with van der Waals surface area (Å²) in [5, 5.41) is 3.31. The highest BCUT2D eigenvalue weighted by Crippen LogP contribution is 2.03. The molecule has 0 bridgehead atoms. The molecule has 1 unspecified atom stereocenters. The third-order valence-electron chi connectivity index (χ3n) is 1.62. The van der Waals surface area contributed by atoms with Gasteiger partial charge in [-0.25, -0.2) is 0 Å². The molecule has 0 radical (unpaired) electrons. The quantitative estimate of drug-likeness (QED) is 0.471. The lowest BCUT2D eigenvalue weighted by Gasteiger charge is -2.08. The van der Waals surface area contributed by atoms with Crippen molar-refractivity contribution in [3.05, 3.63) is 30.5 Å². The van der Waals surface area contributed by atoms with Crippen molar-refractivity contribution in [1.29, 1.82) is 0 Å². The van der Waals surface area contributed by atoms with Crippen LogP contribution in [0.3, 0.4) is 0 Å². The largest absolute Gasteiger partial charge is 0.316 e. The first-order valence-corrected chi connectivity index (χ1v) is 4.54. The van der Waals surface area contributed by atoms with E-state index in [-0.39, 0.29) is 0 Å². The van der Waals surface area contributed by atoms with Gasteiger partial charge in [0, 0.05) is 12.5 Å². The van der Waals surface area contributed by atoms with Crippen LogP contribution in [0.25, 0.3) is 0 Å². The molecule has 0 amide bonds. The van der Waals surface area contributed by atoms with E-state index < -0.39 is 0 Å². The summed E-state index contributed by atoms with van der Waals surface area (Å²) in [5.74, 6) is 0.540. The van der Waals surface area contributed by atoms with E-state index in [2.05, 4.69) is 30.6 Å². The van der Waals surface area contributed by atoms with Crippen molar-refractivity contribution >= 4 is 0 Å². The van der Waals surface area contributed by atoms with Gasteiger partial charge >= 0.3 is 0 Å². The van der Waals surface area contributed by atoms with Gasteiger partial charge in [-0.15, -0.1) is 12.3 Å². The number of hydrogen-bond donors (Lipinski definition) is 1. The molecule has 1 heteroatoms. The molecule has 1 N–H and O–H groups in total. The second-order valence-corrected chi connectivity index (χ2v) is 2.71. The number of hydrogen-bond acceptors (Lipinski definition) is 1. The minimum Gasteiger partial charge on any atom is -0.316 e. The van der Waals surface area contributed by atoms with Crippen LogP contribution in [-0.2, 0) is 0 Å². The van der Waals surface area contributed by atoms with Crippen LogP contribution in [0.2, 0.25) is 0 Å². The van der Waals surface area contributed by atoms with Crippen LogP contribution in [0.5, 0.6) is 0 Å². The first kappa shape index (κ1) is 11.2. The summed E-state index contributed by atoms with van der Waals surface area (Å²) in [4.78, 5) is 0. The predicted molar refractivity (Wildman–Crippen MR) is 55.2 cm³/mol. The zero-order valence-corrected chi connectivity index (χ0v) is 8.14. The molecular formula is C11H19N. The standard InChI is InChI=1S/C11H19N/c1-4-7-9-11(8-5-2)10-12-6-3/h4-5,9,11-12H,2,6,8,10H2,1,3H3. The van der Waals surface area contributed by atoms with E-state index in [0.717, 1.165) is 19.5 Å². The molecule has 0 aliphatic rings. The summed E-state index contributed by atoms with van der Waals surface area (Å²) in [6.07, 6.45) is 7.01. The van der Waals surface area contributed by atoms with E-state index in [9.17, 15) is 0 Å². The fourth-order valence-corrected chi connectivity index (χ4v) is 0.986. The third-order valence-corrected chi connectivity index (χ3v) is 1.62. The summed E-state index contributed by atoms with van der Waals surface area (Å²) in [6.45, 7) is 9.87. The Labute approximate surface area is 75.9 Å². The van der Waals surface area contributed by atoms with E-state index in [0.29, 0.717) is 5.92 Å². The Morgan fingerprint density at radius 2 is 2.33 bits per heavy atom. The Morgan fingerprint density at radius 1 is 1.58 bits per heavy atom. The highest BCUT2D eigenvalue weighted by molar-refractivity contribution is 4.92. The zero-order chi connectivity index (χ0) is 9.23. The minimum absolute atomic E-state index is 0.540. The Morgan fingerprint density at radius 3 is 2.83 bits per heavy atom. The van der Waals surface area contributed by atoms with E-state index in [1.54, 1.807) is 0 Å². The highest BCUT2D eigenvalue weighted by Gasteiger charge is 1.99. The smallest absolute Gasteiger partial charge is 0.00232 e. The lowest BCUT2D eigenvalue weighted by molar-refractivity contribution is 0.577. The second-order valence-electron chi connectivity index (χ2n) is 2.71. The average Bonchev–Trinajstić information content (AvgIpc) is 2.10. The monoisotopic (exact) mass is 165 g/mol. The van der Waals surface area contributed by atoms with Gasteiger partial charge < -0.3 is 5.32 Å². The predicted octanol–water partition coefficient (Wildman–Crippen LogP) is 2.52. The molecule has 0 aromatic rings. The fourth-order valence-electron chi connectivity index (χ4n) is 0.986. The van der Waals surface area contributed by atoms with Gasteiger partial charge in [0.2, 0.25) is 0 Å². The number of rotatable bonds is 6. The van der Waals surface area contributed by atoms with Crippen molar-refractivity contribution in [2.75, 3.05) is 13.1 Å². The average molecular weight is 165 g/mol. The van der Waals surface area contributed by atoms with Crippen molar-refractivity contribution in [2.24, 2.45) is 5.92 Å². The van der Waals surface area contributed by atoms with E-state index in [4.69, 9.17) is 0 Å². The van der Waals surface area contributed by atoms with Gasteiger partial charge in [-0.05, 0) is 32.0 Å². The zero-order valence-electron chi connectivity index (χ0n) is 8.14. The molecule has 0 fully saturated rings. The molecule has 0 aromatic heterocycles. The van der Waals surface area contributed by atoms with Crippen molar-refractivity contribution in [2.45, 2.75) is 20.3 Å². The lowest BCUT2D eigenvalue weighted by Crippen LogP contribution is -2.20. The van der Waals surface area contributed by atoms with Crippen LogP contribution in [0.4, 0.5) is 0 Å². The maximum atomic E-state index is 3.73. The SMILES string of the molecule is C=CCC(C=C=CC)CNCC. The molecular weight excluding hydrogens is 146 g/mol. The second kappa shape index (κ2) is 8.32. The summed E-state index contributed by atoms with van der Waals surface area (Å²) in [5.41, 5.74) is 3.10. The van der Waals surface area contributed by atoms with Gasteiger partial charge in [-0.3, -0.25) is 0 Å². The molecule has 1 atom stereocenters. The lowest BCUT2D eigenvalue weighted by atomic mass is 10.1. The Bertz CT molecular complexity index is 164. The van der Waals surface area contributed by atoms with Gasteiger partial charge in [-0.2, -0.15) is 0 Å². The summed E-state index contributed by atoms with van der Waals surface area (Å²) in [7, 11) is 0. The highest BCUT2D eigenvalue weighted by atomic mass is 14.8. The van der Waals surface area contributed by atoms with Crippen molar-refractivity contribution in [3.8, 4) is 0 Å². The Hall–Kier alpha value is -0.780. The van der Waals surface area contributed by atoms with Crippen molar-refractivity contribution in [1.82, 2.24) is 5.32 Å². The van der Waals surface area contributed by atoms with Crippen LogP contribution in [-0.4, -0.2) is 13.1 Å². The molecule has 0 rings (SSSR count). The van der Waals surface area contributed by atoms with Crippen LogP contribution in [0.1, 0.15) is 20.3 Å². The van der Waals surface area contributed by atoms with Gasteiger partial charge in [0.05, 0.1) is 0 Å². The molecule has 0 aliphatic heterocycles. The van der Waals surface area contributed by atoms with Gasteiger partial charge in [0.1, 0.15) is 0 Å². The summed E-state index contributed by atoms with van der Waals surface area (Å²) in [6, 6.07) is 0. The summed E-state index contributed by atoms with van der Waals surface area (Å²) < 4.78 is 0. The molecule has 12 heavy (non-hydrogen) atoms. The molecule has 0 saturated heterocycles. The molecule has 1 nitrogen and oxygen atoms in total. The third kappa shape index (κ3) is 5.96. The first-order chi connectivity index (χ1) is 5.85. The molecule has 0 aliphatic carbocycles. The Balaban J connectivity index is 3.85. The van der Waals surface area contributed by atoms with E-state index >= 15 is 0 Å². The minimum atomic E-state index is 0.540. The summed E-state index contributed by atoms with van der Waals surface area (Å²) >= 11 is 0. The maximum Gasteiger partial charge on any atom is 0.00232 e. The molecule has 0 spiro atoms. The van der Waals surface area contributed by atoms with Crippen molar-refractivity contribution in [3.63, 3.8) is 0 Å². The molecule has 0 aromatic carbocycles. The Kier molecular flexibility index (Phi) is 7.78. The van der Waals surface area contributed by atoms with Gasteiger partial charge in [0.15, 0.2) is 0 Å². The number of nitrogens with one attached hydrogen (secondary N) is 1. The van der Waals surface area contributed by atoms with E-state index in [1.807, 2.05) is 19.1 Å². The van der Waals surface area contributed by atoms with Crippen LogP contribution in [0, 0.1) is 5.92 Å². The van der Waals surface area contributed by atoms with Crippen LogP contribution in [0.15, 0.2) is 30.5 Å². The van der Waals surface area contributed by atoms with Gasteiger partial charge in [0.25, 0.3) is 0 Å². The number of allylic oxidation sites excluding steroid dienone is 1. The first-order valence-electron chi connectivity index (χ1n) is 4.54. The topological polar surface area (TPSA) is 12.0 Å². The molecule has 0 heterocycles. The van der Waals surface area contributed by atoms with Gasteiger partial charge in [-0.1, -0.05) is 13.0 Å². The molecule has 68 valence electrons. The van der Waals surface area contributed by atoms with Crippen molar-refractivity contribution < 1.29 is 0 Å². The maximum absolute atomic E-state index is 3.73. The normalized spacial score (nSPS) is 11.5. The van der Waals surface area contributed by atoms with E-state index in [1.165, 1.54) is 0 Å². The molecule has 0 saturated carbocycles.